The summed E-state index contributed by atoms with van der Waals surface area (Å²) in [7, 11) is 0. The lowest BCUT2D eigenvalue weighted by Crippen LogP contribution is -2.07. The Morgan fingerprint density at radius 2 is 2.23 bits per heavy atom. The van der Waals surface area contributed by atoms with Crippen LogP contribution >= 0.6 is 12.6 Å². The number of thiol groups is 1. The monoisotopic (exact) mass is 208 g/mol. The summed E-state index contributed by atoms with van der Waals surface area (Å²) in [6.45, 7) is 0. The maximum absolute atomic E-state index is 12.2. The van der Waals surface area contributed by atoms with Gasteiger partial charge in [0.05, 0.1) is 6.20 Å². The molecule has 0 saturated heterocycles. The molecule has 1 aromatic rings. The number of rotatable bonds is 2. The minimum Gasteiger partial charge on any atom is -0.273 e. The summed E-state index contributed by atoms with van der Waals surface area (Å²) in [5.74, 6) is 0.391. The summed E-state index contributed by atoms with van der Waals surface area (Å²) < 4.78 is 36.6. The fourth-order valence-corrected chi connectivity index (χ4v) is 0.934. The zero-order chi connectivity index (χ0) is 9.90. The molecule has 0 aliphatic carbocycles. The van der Waals surface area contributed by atoms with Crippen LogP contribution in [0, 0.1) is 0 Å². The van der Waals surface area contributed by atoms with E-state index in [0.717, 1.165) is 6.20 Å². The number of aromatic nitrogens is 2. The highest BCUT2D eigenvalue weighted by atomic mass is 32.1. The molecule has 0 aliphatic rings. The van der Waals surface area contributed by atoms with Gasteiger partial charge in [0.2, 0.25) is 0 Å². The van der Waals surface area contributed by atoms with Crippen molar-refractivity contribution in [3.8, 4) is 0 Å². The number of hydrogen-bond acceptors (Lipinski definition) is 2. The summed E-state index contributed by atoms with van der Waals surface area (Å²) in [6, 6.07) is 0. The van der Waals surface area contributed by atoms with Crippen molar-refractivity contribution in [2.75, 3.05) is 5.75 Å². The number of H-pyrrole nitrogens is 1. The van der Waals surface area contributed by atoms with Crippen LogP contribution in [0.1, 0.15) is 11.3 Å². The zero-order valence-corrected chi connectivity index (χ0v) is 7.36. The Morgan fingerprint density at radius 1 is 1.54 bits per heavy atom. The minimum absolute atomic E-state index is 0.0292. The van der Waals surface area contributed by atoms with Crippen molar-refractivity contribution >= 4 is 18.7 Å². The smallest absolute Gasteiger partial charge is 0.273 e. The van der Waals surface area contributed by atoms with Crippen molar-refractivity contribution < 1.29 is 13.2 Å². The maximum Gasteiger partial charge on any atom is 0.433 e. The van der Waals surface area contributed by atoms with Gasteiger partial charge in [0, 0.05) is 11.3 Å². The number of hydrogen-bond donors (Lipinski definition) is 2. The molecule has 0 amide bonds. The van der Waals surface area contributed by atoms with Crippen LogP contribution in [-0.2, 0) is 6.18 Å². The normalized spacial score (nSPS) is 12.6. The fourth-order valence-electron chi connectivity index (χ4n) is 0.829. The Morgan fingerprint density at radius 3 is 2.77 bits per heavy atom. The second-order valence-electron chi connectivity index (χ2n) is 2.28. The predicted octanol–water partition coefficient (Wildman–Crippen LogP) is 2.37. The Labute approximate surface area is 78.3 Å². The van der Waals surface area contributed by atoms with Crippen LogP contribution in [-0.4, -0.2) is 16.0 Å². The molecule has 0 spiro atoms. The third-order valence-corrected chi connectivity index (χ3v) is 1.57. The standard InChI is InChI=1S/C7H7F3N2S/c8-7(9,10)6-5(2-1-3-13)4-11-12-6/h1-2,4,13H,3H2,(H,11,12). The fraction of sp³-hybridized carbons (Fsp3) is 0.286. The van der Waals surface area contributed by atoms with Gasteiger partial charge in [0.1, 0.15) is 5.69 Å². The largest absolute Gasteiger partial charge is 0.433 e. The van der Waals surface area contributed by atoms with Gasteiger partial charge in [-0.1, -0.05) is 12.2 Å². The molecule has 1 rings (SSSR count). The van der Waals surface area contributed by atoms with E-state index in [0.29, 0.717) is 5.75 Å². The summed E-state index contributed by atoms with van der Waals surface area (Å²) >= 11 is 3.84. The van der Waals surface area contributed by atoms with Crippen LogP contribution in [0.3, 0.4) is 0 Å². The molecule has 0 radical (unpaired) electrons. The molecule has 0 bridgehead atoms. The number of alkyl halides is 3. The van der Waals surface area contributed by atoms with Crippen molar-refractivity contribution in [2.24, 2.45) is 0 Å². The first-order valence-electron chi connectivity index (χ1n) is 3.43. The van der Waals surface area contributed by atoms with Gasteiger partial charge >= 0.3 is 6.18 Å². The van der Waals surface area contributed by atoms with E-state index in [2.05, 4.69) is 17.7 Å². The van der Waals surface area contributed by atoms with Crippen molar-refractivity contribution in [1.82, 2.24) is 10.2 Å². The van der Waals surface area contributed by atoms with Crippen LogP contribution < -0.4 is 0 Å². The lowest BCUT2D eigenvalue weighted by atomic mass is 10.2. The molecule has 0 aromatic carbocycles. The first-order chi connectivity index (χ1) is 6.05. The third-order valence-electron chi connectivity index (χ3n) is 1.35. The molecule has 6 heteroatoms. The Balaban J connectivity index is 2.96. The second kappa shape index (κ2) is 3.87. The van der Waals surface area contributed by atoms with Crippen LogP contribution in [0.25, 0.3) is 6.08 Å². The van der Waals surface area contributed by atoms with Crippen LogP contribution in [0.5, 0.6) is 0 Å². The first-order valence-corrected chi connectivity index (χ1v) is 4.07. The van der Waals surface area contributed by atoms with Gasteiger partial charge < -0.3 is 0 Å². The van der Waals surface area contributed by atoms with E-state index in [1.165, 1.54) is 12.2 Å². The van der Waals surface area contributed by atoms with E-state index in [1.807, 2.05) is 5.10 Å². The molecule has 2 nitrogen and oxygen atoms in total. The van der Waals surface area contributed by atoms with E-state index in [9.17, 15) is 13.2 Å². The number of aromatic amines is 1. The van der Waals surface area contributed by atoms with Crippen LogP contribution in [0.15, 0.2) is 12.3 Å². The molecule has 1 N–H and O–H groups in total. The van der Waals surface area contributed by atoms with Crippen LogP contribution in [0.2, 0.25) is 0 Å². The highest BCUT2D eigenvalue weighted by molar-refractivity contribution is 7.80. The molecule has 0 fully saturated rings. The topological polar surface area (TPSA) is 28.7 Å². The first kappa shape index (κ1) is 10.2. The molecule has 0 aliphatic heterocycles. The lowest BCUT2D eigenvalue weighted by molar-refractivity contribution is -0.141. The second-order valence-corrected chi connectivity index (χ2v) is 2.65. The van der Waals surface area contributed by atoms with E-state index in [-0.39, 0.29) is 5.56 Å². The minimum atomic E-state index is -4.38. The van der Waals surface area contributed by atoms with E-state index < -0.39 is 11.9 Å². The quantitative estimate of drug-likeness (QED) is 0.718. The third kappa shape index (κ3) is 2.51. The highest BCUT2D eigenvalue weighted by Gasteiger charge is 2.34. The van der Waals surface area contributed by atoms with Crippen molar-refractivity contribution in [3.05, 3.63) is 23.5 Å². The van der Waals surface area contributed by atoms with Gasteiger partial charge in [0.15, 0.2) is 0 Å². The summed E-state index contributed by atoms with van der Waals surface area (Å²) in [5, 5.41) is 5.22. The molecule has 0 saturated carbocycles. The predicted molar refractivity (Wildman–Crippen MR) is 46.5 cm³/mol. The summed E-state index contributed by atoms with van der Waals surface area (Å²) in [6.07, 6.45) is -0.405. The van der Waals surface area contributed by atoms with Gasteiger partial charge in [-0.15, -0.1) is 0 Å². The molecule has 0 unspecified atom stereocenters. The van der Waals surface area contributed by atoms with E-state index in [1.54, 1.807) is 0 Å². The molecule has 0 atom stereocenters. The van der Waals surface area contributed by atoms with Gasteiger partial charge in [0.25, 0.3) is 0 Å². The Bertz CT molecular complexity index is 303. The van der Waals surface area contributed by atoms with Crippen molar-refractivity contribution in [3.63, 3.8) is 0 Å². The van der Waals surface area contributed by atoms with Crippen LogP contribution in [0.4, 0.5) is 13.2 Å². The summed E-state index contributed by atoms with van der Waals surface area (Å²) in [4.78, 5) is 0. The van der Waals surface area contributed by atoms with Crippen molar-refractivity contribution in [2.45, 2.75) is 6.18 Å². The molecule has 1 aromatic heterocycles. The van der Waals surface area contributed by atoms with Gasteiger partial charge in [-0.3, -0.25) is 5.10 Å². The van der Waals surface area contributed by atoms with Gasteiger partial charge in [-0.05, 0) is 0 Å². The SMILES string of the molecule is FC(F)(F)c1[nH]ncc1C=CCS. The van der Waals surface area contributed by atoms with Crippen molar-refractivity contribution in [1.29, 1.82) is 0 Å². The summed E-state index contributed by atoms with van der Waals surface area (Å²) in [5.41, 5.74) is -0.799. The number of halogens is 3. The Hall–Kier alpha value is -0.910. The number of nitrogens with zero attached hydrogens (tertiary/aromatic N) is 1. The molecule has 13 heavy (non-hydrogen) atoms. The molecule has 1 heterocycles. The molecular formula is C7H7F3N2S. The maximum atomic E-state index is 12.2. The lowest BCUT2D eigenvalue weighted by Gasteiger charge is -2.03. The molecular weight excluding hydrogens is 201 g/mol. The average molecular weight is 208 g/mol. The van der Waals surface area contributed by atoms with Gasteiger partial charge in [-0.25, -0.2) is 0 Å². The average Bonchev–Trinajstić information content (AvgIpc) is 2.47. The Kier molecular flexibility index (Phi) is 3.02. The van der Waals surface area contributed by atoms with E-state index >= 15 is 0 Å². The number of nitrogens with one attached hydrogen (secondary N) is 1. The highest BCUT2D eigenvalue weighted by Crippen LogP contribution is 2.30. The molecule has 72 valence electrons. The van der Waals surface area contributed by atoms with E-state index in [4.69, 9.17) is 0 Å². The zero-order valence-electron chi connectivity index (χ0n) is 6.47. The van der Waals surface area contributed by atoms with Gasteiger partial charge in [-0.2, -0.15) is 30.9 Å².